The van der Waals surface area contributed by atoms with Crippen LogP contribution in [-0.4, -0.2) is 52.3 Å². The van der Waals surface area contributed by atoms with Crippen molar-refractivity contribution >= 4 is 23.7 Å². The predicted molar refractivity (Wildman–Crippen MR) is 111 cm³/mol. The Morgan fingerprint density at radius 1 is 1.25 bits per heavy atom. The fourth-order valence-electron chi connectivity index (χ4n) is 3.20. The number of esters is 1. The van der Waals surface area contributed by atoms with Crippen LogP contribution >= 0.6 is 11.8 Å². The summed E-state index contributed by atoms with van der Waals surface area (Å²) < 4.78 is 4.86. The van der Waals surface area contributed by atoms with Gasteiger partial charge in [0.15, 0.2) is 0 Å². The minimum atomic E-state index is -0.787. The largest absolute Gasteiger partial charge is 0.481 e. The molecule has 7 heteroatoms. The van der Waals surface area contributed by atoms with Crippen molar-refractivity contribution in [3.63, 3.8) is 0 Å². The molecule has 0 saturated heterocycles. The Balaban J connectivity index is 2.69. The number of hydrogen-bond donors (Lipinski definition) is 3. The van der Waals surface area contributed by atoms with Gasteiger partial charge in [0.05, 0.1) is 19.3 Å². The summed E-state index contributed by atoms with van der Waals surface area (Å²) in [5.74, 6) is -0.790. The Bertz CT molecular complexity index is 557. The van der Waals surface area contributed by atoms with Gasteiger partial charge >= 0.3 is 11.9 Å². The molecule has 28 heavy (non-hydrogen) atoms. The molecule has 3 atom stereocenters. The minimum absolute atomic E-state index is 0.167. The zero-order valence-electron chi connectivity index (χ0n) is 16.9. The average Bonchev–Trinajstić information content (AvgIpc) is 2.97. The average molecular weight is 415 g/mol. The number of rotatable bonds is 14. The molecule has 1 aliphatic rings. The molecule has 0 aliphatic heterocycles. The second-order valence-electron chi connectivity index (χ2n) is 7.13. The topological polar surface area (TPSA) is 104 Å². The Morgan fingerprint density at radius 3 is 2.64 bits per heavy atom. The standard InChI is InChI=1S/C21H34O6S/c1-3-4-6-9-15(22)11-12-16-18(23)14-17(21(26)27-2)20(16)28-13-8-5-7-10-19(24)25/h11-12,15-16,18,22-23H,3-10,13-14H2,1-2H3,(H,24,25)/t15-,16-,18+/m0/s1. The van der Waals surface area contributed by atoms with Crippen molar-refractivity contribution in [2.24, 2.45) is 5.92 Å². The van der Waals surface area contributed by atoms with Crippen molar-refractivity contribution in [2.45, 2.75) is 76.9 Å². The van der Waals surface area contributed by atoms with E-state index in [4.69, 9.17) is 9.84 Å². The molecule has 0 spiro atoms. The molecule has 0 radical (unpaired) electrons. The molecule has 0 bridgehead atoms. The van der Waals surface area contributed by atoms with Gasteiger partial charge in [-0.3, -0.25) is 4.79 Å². The van der Waals surface area contributed by atoms with Crippen LogP contribution in [0.5, 0.6) is 0 Å². The highest BCUT2D eigenvalue weighted by Gasteiger charge is 2.35. The van der Waals surface area contributed by atoms with Crippen LogP contribution in [-0.2, 0) is 14.3 Å². The van der Waals surface area contributed by atoms with Crippen molar-refractivity contribution in [1.82, 2.24) is 0 Å². The van der Waals surface area contributed by atoms with E-state index in [2.05, 4.69) is 6.92 Å². The molecule has 3 N–H and O–H groups in total. The second kappa shape index (κ2) is 13.8. The van der Waals surface area contributed by atoms with Gasteiger partial charge in [0, 0.05) is 29.2 Å². The lowest BCUT2D eigenvalue weighted by Crippen LogP contribution is -2.14. The van der Waals surface area contributed by atoms with E-state index in [1.165, 1.54) is 18.9 Å². The molecular formula is C21H34O6S. The molecule has 0 fully saturated rings. The van der Waals surface area contributed by atoms with Crippen LogP contribution in [0.3, 0.4) is 0 Å². The first-order valence-corrected chi connectivity index (χ1v) is 11.1. The lowest BCUT2D eigenvalue weighted by atomic mass is 10.0. The normalized spacial score (nSPS) is 20.7. The summed E-state index contributed by atoms with van der Waals surface area (Å²) in [7, 11) is 1.33. The van der Waals surface area contributed by atoms with Gasteiger partial charge in [-0.15, -0.1) is 11.8 Å². The smallest absolute Gasteiger partial charge is 0.334 e. The number of aliphatic carboxylic acids is 1. The molecule has 160 valence electrons. The monoisotopic (exact) mass is 414 g/mol. The van der Waals surface area contributed by atoms with E-state index in [9.17, 15) is 19.8 Å². The van der Waals surface area contributed by atoms with E-state index in [0.29, 0.717) is 18.4 Å². The number of thioether (sulfide) groups is 1. The molecule has 0 saturated carbocycles. The van der Waals surface area contributed by atoms with Gasteiger partial charge in [-0.2, -0.15) is 0 Å². The SMILES string of the molecule is CCCCC[C@H](O)C=C[C@@H]1C(SCCCCCC(=O)O)=C(C(=O)OC)C[C@H]1O. The number of aliphatic hydroxyl groups is 2. The number of unbranched alkanes of at least 4 members (excludes halogenated alkanes) is 4. The molecule has 0 unspecified atom stereocenters. The van der Waals surface area contributed by atoms with Gasteiger partial charge in [-0.25, -0.2) is 4.79 Å². The second-order valence-corrected chi connectivity index (χ2v) is 8.27. The zero-order chi connectivity index (χ0) is 20.9. The van der Waals surface area contributed by atoms with Crippen LogP contribution in [0.15, 0.2) is 22.6 Å². The molecule has 0 aromatic rings. The first kappa shape index (κ1) is 24.7. The van der Waals surface area contributed by atoms with Gasteiger partial charge in [-0.1, -0.05) is 44.8 Å². The zero-order valence-corrected chi connectivity index (χ0v) is 17.7. The molecule has 0 heterocycles. The molecule has 1 rings (SSSR count). The van der Waals surface area contributed by atoms with E-state index in [1.54, 1.807) is 6.08 Å². The number of methoxy groups -OCH3 is 1. The van der Waals surface area contributed by atoms with Crippen molar-refractivity contribution in [3.8, 4) is 0 Å². The Hall–Kier alpha value is -1.31. The van der Waals surface area contributed by atoms with E-state index in [-0.39, 0.29) is 18.8 Å². The lowest BCUT2D eigenvalue weighted by molar-refractivity contribution is -0.137. The molecule has 0 amide bonds. The Kier molecular flexibility index (Phi) is 12.2. The number of carbonyl (C=O) groups excluding carboxylic acids is 1. The number of carbonyl (C=O) groups is 2. The minimum Gasteiger partial charge on any atom is -0.481 e. The van der Waals surface area contributed by atoms with Gasteiger partial charge in [0.2, 0.25) is 0 Å². The van der Waals surface area contributed by atoms with Crippen molar-refractivity contribution < 1.29 is 29.6 Å². The number of ether oxygens (including phenoxy) is 1. The van der Waals surface area contributed by atoms with E-state index < -0.39 is 24.1 Å². The predicted octanol–water partition coefficient (Wildman–Crippen LogP) is 3.67. The van der Waals surface area contributed by atoms with Gasteiger partial charge in [-0.05, 0) is 25.0 Å². The summed E-state index contributed by atoms with van der Waals surface area (Å²) in [6, 6.07) is 0. The fourth-order valence-corrected chi connectivity index (χ4v) is 4.54. The first-order valence-electron chi connectivity index (χ1n) is 10.1. The molecule has 1 aliphatic carbocycles. The number of hydrogen-bond acceptors (Lipinski definition) is 6. The molecule has 0 aromatic heterocycles. The van der Waals surface area contributed by atoms with Gasteiger partial charge in [0.1, 0.15) is 0 Å². The van der Waals surface area contributed by atoms with E-state index in [0.717, 1.165) is 42.8 Å². The van der Waals surface area contributed by atoms with E-state index >= 15 is 0 Å². The van der Waals surface area contributed by atoms with Crippen molar-refractivity contribution in [2.75, 3.05) is 12.9 Å². The summed E-state index contributed by atoms with van der Waals surface area (Å²) in [6.45, 7) is 2.11. The highest BCUT2D eigenvalue weighted by atomic mass is 32.2. The van der Waals surface area contributed by atoms with Crippen LogP contribution in [0.4, 0.5) is 0 Å². The first-order chi connectivity index (χ1) is 13.4. The summed E-state index contributed by atoms with van der Waals surface area (Å²) in [6.07, 6.45) is 8.77. The van der Waals surface area contributed by atoms with Crippen LogP contribution in [0, 0.1) is 5.92 Å². The number of aliphatic hydroxyl groups excluding tert-OH is 2. The highest BCUT2D eigenvalue weighted by Crippen LogP contribution is 2.41. The van der Waals surface area contributed by atoms with Crippen LogP contribution in [0.2, 0.25) is 0 Å². The maximum atomic E-state index is 12.1. The highest BCUT2D eigenvalue weighted by molar-refractivity contribution is 8.03. The number of carboxylic acid groups (broad SMARTS) is 1. The summed E-state index contributed by atoms with van der Waals surface area (Å²) in [5.41, 5.74) is 0.501. The quantitative estimate of drug-likeness (QED) is 0.226. The fraction of sp³-hybridized carbons (Fsp3) is 0.714. The van der Waals surface area contributed by atoms with Gasteiger partial charge < -0.3 is 20.1 Å². The third kappa shape index (κ3) is 8.80. The van der Waals surface area contributed by atoms with Gasteiger partial charge in [0.25, 0.3) is 0 Å². The van der Waals surface area contributed by atoms with Crippen LogP contribution in [0.25, 0.3) is 0 Å². The van der Waals surface area contributed by atoms with Crippen molar-refractivity contribution in [1.29, 1.82) is 0 Å². The maximum absolute atomic E-state index is 12.1. The molecular weight excluding hydrogens is 380 g/mol. The molecule has 6 nitrogen and oxygen atoms in total. The van der Waals surface area contributed by atoms with Crippen LogP contribution < -0.4 is 0 Å². The lowest BCUT2D eigenvalue weighted by Gasteiger charge is -2.15. The Morgan fingerprint density at radius 2 is 2.00 bits per heavy atom. The third-order valence-corrected chi connectivity index (χ3v) is 6.12. The third-order valence-electron chi connectivity index (χ3n) is 4.80. The number of carboxylic acids is 1. The van der Waals surface area contributed by atoms with Crippen molar-refractivity contribution in [3.05, 3.63) is 22.6 Å². The summed E-state index contributed by atoms with van der Waals surface area (Å²) >= 11 is 1.52. The molecule has 0 aromatic carbocycles. The summed E-state index contributed by atoms with van der Waals surface area (Å²) in [4.78, 5) is 23.5. The maximum Gasteiger partial charge on any atom is 0.334 e. The van der Waals surface area contributed by atoms with Crippen LogP contribution in [0.1, 0.15) is 64.7 Å². The Labute approximate surface area is 172 Å². The summed E-state index contributed by atoms with van der Waals surface area (Å²) in [5, 5.41) is 29.2. The van der Waals surface area contributed by atoms with E-state index in [1.807, 2.05) is 6.08 Å².